The van der Waals surface area contributed by atoms with Gasteiger partial charge < -0.3 is 14.0 Å². The molecular weight excluding hydrogens is 452 g/mol. The van der Waals surface area contributed by atoms with Gasteiger partial charge in [0.2, 0.25) is 10.0 Å². The van der Waals surface area contributed by atoms with E-state index >= 15 is 0 Å². The normalized spacial score (nSPS) is 15.2. The number of rotatable bonds is 7. The Kier molecular flexibility index (Phi) is 6.79. The lowest BCUT2D eigenvalue weighted by molar-refractivity contribution is 0.0453. The molecule has 0 saturated carbocycles. The molecule has 1 aliphatic heterocycles. The van der Waals surface area contributed by atoms with Crippen molar-refractivity contribution in [3.63, 3.8) is 0 Å². The number of nitrogens with zero attached hydrogens (tertiary/aromatic N) is 4. The number of sulfonamides is 1. The Morgan fingerprint density at radius 1 is 1.25 bits per heavy atom. The number of esters is 1. The number of benzene rings is 1. The number of hydrogen-bond acceptors (Lipinski definition) is 8. The first-order valence-electron chi connectivity index (χ1n) is 10.2. The third-order valence-electron chi connectivity index (χ3n) is 5.24. The van der Waals surface area contributed by atoms with Crippen molar-refractivity contribution < 1.29 is 22.7 Å². The molecule has 2 aromatic heterocycles. The van der Waals surface area contributed by atoms with Crippen LogP contribution in [0.3, 0.4) is 0 Å². The third-order valence-corrected chi connectivity index (χ3v) is 7.85. The van der Waals surface area contributed by atoms with Gasteiger partial charge in [0, 0.05) is 25.8 Å². The zero-order valence-electron chi connectivity index (χ0n) is 17.9. The largest absolute Gasteiger partial charge is 0.454 e. The molecule has 3 heterocycles. The van der Waals surface area contributed by atoms with Crippen molar-refractivity contribution in [3.8, 4) is 0 Å². The molecule has 0 bridgehead atoms. The van der Waals surface area contributed by atoms with Crippen molar-refractivity contribution in [2.24, 2.45) is 0 Å². The van der Waals surface area contributed by atoms with Gasteiger partial charge in [-0.2, -0.15) is 4.31 Å². The SMILES string of the molecule is CCn1c(COC(=O)c2cccnc2SC)nc2cc(S(=O)(=O)N3CCOCC3)ccc21. The highest BCUT2D eigenvalue weighted by Gasteiger charge is 2.27. The Balaban J connectivity index is 1.59. The predicted octanol–water partition coefficient (Wildman–Crippen LogP) is 2.55. The van der Waals surface area contributed by atoms with Gasteiger partial charge in [-0.1, -0.05) is 0 Å². The number of morpholine rings is 1. The molecule has 1 aliphatic rings. The van der Waals surface area contributed by atoms with E-state index in [4.69, 9.17) is 9.47 Å². The average Bonchev–Trinajstić information content (AvgIpc) is 3.19. The second-order valence-corrected chi connectivity index (χ2v) is 9.81. The van der Waals surface area contributed by atoms with Crippen LogP contribution in [0.15, 0.2) is 46.5 Å². The van der Waals surface area contributed by atoms with Gasteiger partial charge >= 0.3 is 5.97 Å². The number of ether oxygens (including phenoxy) is 2. The van der Waals surface area contributed by atoms with Gasteiger partial charge in [0.25, 0.3) is 0 Å². The lowest BCUT2D eigenvalue weighted by Gasteiger charge is -2.26. The van der Waals surface area contributed by atoms with Crippen LogP contribution in [0.25, 0.3) is 11.0 Å². The van der Waals surface area contributed by atoms with E-state index in [1.807, 2.05) is 17.7 Å². The Hall–Kier alpha value is -2.47. The number of carbonyl (C=O) groups is 1. The maximum atomic E-state index is 13.0. The zero-order valence-corrected chi connectivity index (χ0v) is 19.5. The Bertz CT molecular complexity index is 1240. The summed E-state index contributed by atoms with van der Waals surface area (Å²) in [5.74, 6) is 0.0686. The molecule has 170 valence electrons. The van der Waals surface area contributed by atoms with Crippen molar-refractivity contribution in [1.29, 1.82) is 0 Å². The first-order valence-corrected chi connectivity index (χ1v) is 12.9. The number of carbonyl (C=O) groups excluding carboxylic acids is 1. The second-order valence-electron chi connectivity index (χ2n) is 7.08. The Morgan fingerprint density at radius 3 is 2.75 bits per heavy atom. The van der Waals surface area contributed by atoms with Crippen molar-refractivity contribution in [2.75, 3.05) is 32.6 Å². The van der Waals surface area contributed by atoms with E-state index in [0.29, 0.717) is 54.8 Å². The summed E-state index contributed by atoms with van der Waals surface area (Å²) in [5.41, 5.74) is 1.72. The molecule has 0 atom stereocenters. The van der Waals surface area contributed by atoms with E-state index in [1.54, 1.807) is 36.5 Å². The molecule has 1 fully saturated rings. The molecule has 9 nitrogen and oxygen atoms in total. The molecule has 0 radical (unpaired) electrons. The topological polar surface area (TPSA) is 104 Å². The summed E-state index contributed by atoms with van der Waals surface area (Å²) in [7, 11) is -3.62. The molecule has 1 saturated heterocycles. The molecule has 0 unspecified atom stereocenters. The Labute approximate surface area is 190 Å². The molecule has 0 aliphatic carbocycles. The fourth-order valence-electron chi connectivity index (χ4n) is 3.64. The number of pyridine rings is 1. The summed E-state index contributed by atoms with van der Waals surface area (Å²) < 4.78 is 40.1. The van der Waals surface area contributed by atoms with Crippen LogP contribution in [0.4, 0.5) is 0 Å². The van der Waals surface area contributed by atoms with E-state index in [-0.39, 0.29) is 11.5 Å². The summed E-state index contributed by atoms with van der Waals surface area (Å²) in [6.07, 6.45) is 3.47. The fourth-order valence-corrected chi connectivity index (χ4v) is 5.60. The van der Waals surface area contributed by atoms with Gasteiger partial charge in [-0.25, -0.2) is 23.2 Å². The minimum atomic E-state index is -3.62. The van der Waals surface area contributed by atoms with Gasteiger partial charge in [-0.15, -0.1) is 11.8 Å². The maximum absolute atomic E-state index is 13.0. The van der Waals surface area contributed by atoms with Gasteiger partial charge in [0.05, 0.1) is 34.7 Å². The number of imidazole rings is 1. The van der Waals surface area contributed by atoms with Crippen LogP contribution < -0.4 is 0 Å². The summed E-state index contributed by atoms with van der Waals surface area (Å²) in [5, 5.41) is 0.597. The van der Waals surface area contributed by atoms with Crippen molar-refractivity contribution >= 4 is 38.8 Å². The van der Waals surface area contributed by atoms with E-state index < -0.39 is 16.0 Å². The minimum Gasteiger partial charge on any atom is -0.454 e. The summed E-state index contributed by atoms with van der Waals surface area (Å²) >= 11 is 1.37. The van der Waals surface area contributed by atoms with Gasteiger partial charge in [-0.05, 0) is 43.5 Å². The van der Waals surface area contributed by atoms with E-state index in [9.17, 15) is 13.2 Å². The van der Waals surface area contributed by atoms with Crippen LogP contribution in [0, 0.1) is 0 Å². The molecule has 32 heavy (non-hydrogen) atoms. The first kappa shape index (κ1) is 22.7. The molecule has 0 N–H and O–H groups in total. The van der Waals surface area contributed by atoms with Crippen LogP contribution >= 0.6 is 11.8 Å². The van der Waals surface area contributed by atoms with E-state index in [1.165, 1.54) is 16.1 Å². The van der Waals surface area contributed by atoms with Crippen LogP contribution in [0.5, 0.6) is 0 Å². The monoisotopic (exact) mass is 476 g/mol. The lowest BCUT2D eigenvalue weighted by atomic mass is 10.3. The second kappa shape index (κ2) is 9.57. The summed E-state index contributed by atoms with van der Waals surface area (Å²) in [6.45, 7) is 3.96. The van der Waals surface area contributed by atoms with Crippen LogP contribution in [-0.4, -0.2) is 65.8 Å². The van der Waals surface area contributed by atoms with Crippen molar-refractivity contribution in [3.05, 3.63) is 47.9 Å². The number of hydrogen-bond donors (Lipinski definition) is 0. The van der Waals surface area contributed by atoms with Gasteiger partial charge in [0.1, 0.15) is 17.5 Å². The van der Waals surface area contributed by atoms with Gasteiger partial charge in [0.15, 0.2) is 0 Å². The standard InChI is InChI=1S/C21H24N4O5S2/c1-3-25-18-7-6-15(32(27,28)24-9-11-29-12-10-24)13-17(18)23-19(25)14-30-21(26)16-5-4-8-22-20(16)31-2/h4-8,13H,3,9-12,14H2,1-2H3. The maximum Gasteiger partial charge on any atom is 0.341 e. The fraction of sp³-hybridized carbons (Fsp3) is 0.381. The number of thioether (sulfide) groups is 1. The van der Waals surface area contributed by atoms with E-state index in [0.717, 1.165) is 5.52 Å². The molecule has 1 aromatic carbocycles. The van der Waals surface area contributed by atoms with Crippen LogP contribution in [0.2, 0.25) is 0 Å². The number of aryl methyl sites for hydroxylation is 1. The highest BCUT2D eigenvalue weighted by Crippen LogP contribution is 2.24. The Morgan fingerprint density at radius 2 is 2.03 bits per heavy atom. The van der Waals surface area contributed by atoms with Crippen molar-refractivity contribution in [2.45, 2.75) is 30.0 Å². The first-order chi connectivity index (χ1) is 15.5. The lowest BCUT2D eigenvalue weighted by Crippen LogP contribution is -2.40. The van der Waals surface area contributed by atoms with Gasteiger partial charge in [-0.3, -0.25) is 0 Å². The average molecular weight is 477 g/mol. The highest BCUT2D eigenvalue weighted by atomic mass is 32.2. The molecule has 11 heteroatoms. The molecule has 0 amide bonds. The van der Waals surface area contributed by atoms with Crippen molar-refractivity contribution in [1.82, 2.24) is 18.8 Å². The minimum absolute atomic E-state index is 0.0321. The molecular formula is C21H24N4O5S2. The zero-order chi connectivity index (χ0) is 22.7. The summed E-state index contributed by atoms with van der Waals surface area (Å²) in [4.78, 5) is 21.5. The van der Waals surface area contributed by atoms with Crippen LogP contribution in [0.1, 0.15) is 23.1 Å². The van der Waals surface area contributed by atoms with E-state index in [2.05, 4.69) is 9.97 Å². The molecule has 3 aromatic rings. The quantitative estimate of drug-likeness (QED) is 0.379. The number of aromatic nitrogens is 3. The third kappa shape index (κ3) is 4.38. The highest BCUT2D eigenvalue weighted by molar-refractivity contribution is 7.98. The predicted molar refractivity (Wildman–Crippen MR) is 120 cm³/mol. The molecule has 4 rings (SSSR count). The van der Waals surface area contributed by atoms with Crippen LogP contribution in [-0.2, 0) is 32.6 Å². The smallest absolute Gasteiger partial charge is 0.341 e. The number of fused-ring (bicyclic) bond motifs is 1. The molecule has 0 spiro atoms. The summed E-state index contributed by atoms with van der Waals surface area (Å²) in [6, 6.07) is 8.28.